The average Bonchev–Trinajstić information content (AvgIpc) is 2.75. The van der Waals surface area contributed by atoms with E-state index in [0.29, 0.717) is 18.1 Å². The lowest BCUT2D eigenvalue weighted by atomic mass is 10.1. The number of guanidine groups is 1. The van der Waals surface area contributed by atoms with Crippen LogP contribution >= 0.6 is 0 Å². The van der Waals surface area contributed by atoms with Gasteiger partial charge in [0.25, 0.3) is 0 Å². The van der Waals surface area contributed by atoms with E-state index in [4.69, 9.17) is 0 Å². The van der Waals surface area contributed by atoms with Gasteiger partial charge in [-0.2, -0.15) is 0 Å². The van der Waals surface area contributed by atoms with Crippen LogP contribution in [0.5, 0.6) is 0 Å². The molecule has 24 heavy (non-hydrogen) atoms. The predicted octanol–water partition coefficient (Wildman–Crippen LogP) is 1.24. The van der Waals surface area contributed by atoms with Crippen molar-refractivity contribution in [3.8, 4) is 0 Å². The van der Waals surface area contributed by atoms with Crippen molar-refractivity contribution in [2.45, 2.75) is 45.4 Å². The number of nitrogens with one attached hydrogen (secondary N) is 2. The second-order valence-electron chi connectivity index (χ2n) is 7.02. The Balaban J connectivity index is 1.67. The molecule has 0 aromatic rings. The smallest absolute Gasteiger partial charge is 0.191 e. The Hall–Kier alpha value is -0.820. The maximum Gasteiger partial charge on any atom is 0.191 e. The molecule has 0 saturated carbocycles. The maximum atomic E-state index is 11.5. The fourth-order valence-electron chi connectivity index (χ4n) is 3.45. The summed E-state index contributed by atoms with van der Waals surface area (Å²) in [6.07, 6.45) is 7.29. The first-order chi connectivity index (χ1) is 11.6. The average molecular weight is 359 g/mol. The van der Waals surface area contributed by atoms with Crippen molar-refractivity contribution in [2.75, 3.05) is 50.8 Å². The molecule has 140 valence electrons. The minimum absolute atomic E-state index is 0.183. The van der Waals surface area contributed by atoms with Crippen LogP contribution in [0, 0.1) is 5.92 Å². The van der Waals surface area contributed by atoms with Gasteiger partial charge in [-0.15, -0.1) is 0 Å². The van der Waals surface area contributed by atoms with Crippen molar-refractivity contribution in [1.82, 2.24) is 15.5 Å². The van der Waals surface area contributed by atoms with Gasteiger partial charge in [0.15, 0.2) is 15.8 Å². The molecule has 0 bridgehead atoms. The van der Waals surface area contributed by atoms with Gasteiger partial charge in [-0.25, -0.2) is 8.42 Å². The predicted molar refractivity (Wildman–Crippen MR) is 100 cm³/mol. The maximum absolute atomic E-state index is 11.5. The van der Waals surface area contributed by atoms with E-state index in [2.05, 4.69) is 27.4 Å². The summed E-state index contributed by atoms with van der Waals surface area (Å²) in [5.41, 5.74) is 0. The van der Waals surface area contributed by atoms with Crippen molar-refractivity contribution >= 4 is 15.8 Å². The number of nitrogens with zero attached hydrogens (tertiary/aromatic N) is 2. The van der Waals surface area contributed by atoms with Gasteiger partial charge in [-0.1, -0.05) is 12.8 Å². The van der Waals surface area contributed by atoms with Crippen LogP contribution in [-0.4, -0.2) is 70.1 Å². The summed E-state index contributed by atoms with van der Waals surface area (Å²) < 4.78 is 23.0. The molecule has 2 aliphatic heterocycles. The first-order valence-electron chi connectivity index (χ1n) is 9.54. The Labute approximate surface area is 147 Å². The molecule has 0 radical (unpaired) electrons. The molecule has 6 nitrogen and oxygen atoms in total. The molecule has 0 aliphatic carbocycles. The Morgan fingerprint density at radius 1 is 1.17 bits per heavy atom. The van der Waals surface area contributed by atoms with Crippen molar-refractivity contribution in [3.63, 3.8) is 0 Å². The first-order valence-corrected chi connectivity index (χ1v) is 11.4. The number of sulfone groups is 1. The van der Waals surface area contributed by atoms with Crippen LogP contribution < -0.4 is 10.6 Å². The zero-order valence-electron chi connectivity index (χ0n) is 15.1. The van der Waals surface area contributed by atoms with Crippen LogP contribution in [0.4, 0.5) is 0 Å². The van der Waals surface area contributed by atoms with Gasteiger partial charge in [-0.05, 0) is 58.2 Å². The Morgan fingerprint density at radius 2 is 1.92 bits per heavy atom. The minimum atomic E-state index is -2.81. The lowest BCUT2D eigenvalue weighted by Gasteiger charge is -2.20. The zero-order chi connectivity index (χ0) is 17.3. The monoisotopic (exact) mass is 358 g/mol. The molecule has 0 amide bonds. The lowest BCUT2D eigenvalue weighted by Crippen LogP contribution is -2.39. The standard InChI is InChI=1S/C17H34N4O2S/c1-2-18-17(20-14-16-8-13-24(22,23)15-16)19-9-7-12-21-10-5-3-4-6-11-21/h16H,2-15H2,1H3,(H2,18,19,20). The van der Waals surface area contributed by atoms with Crippen LogP contribution in [-0.2, 0) is 9.84 Å². The normalized spacial score (nSPS) is 25.4. The van der Waals surface area contributed by atoms with E-state index in [-0.39, 0.29) is 5.92 Å². The summed E-state index contributed by atoms with van der Waals surface area (Å²) in [5.74, 6) is 1.62. The molecule has 1 atom stereocenters. The second kappa shape index (κ2) is 10.2. The third kappa shape index (κ3) is 7.38. The van der Waals surface area contributed by atoms with Gasteiger partial charge in [0, 0.05) is 19.6 Å². The summed E-state index contributed by atoms with van der Waals surface area (Å²) in [4.78, 5) is 7.15. The van der Waals surface area contributed by atoms with Gasteiger partial charge in [0.2, 0.25) is 0 Å². The molecule has 0 spiro atoms. The highest BCUT2D eigenvalue weighted by Gasteiger charge is 2.27. The number of hydrogen-bond acceptors (Lipinski definition) is 4. The molecular weight excluding hydrogens is 324 g/mol. The van der Waals surface area contributed by atoms with Crippen LogP contribution in [0.25, 0.3) is 0 Å². The van der Waals surface area contributed by atoms with Crippen LogP contribution in [0.3, 0.4) is 0 Å². The molecule has 1 unspecified atom stereocenters. The van der Waals surface area contributed by atoms with Crippen molar-refractivity contribution in [3.05, 3.63) is 0 Å². The summed E-state index contributed by atoms with van der Waals surface area (Å²) in [7, 11) is -2.81. The summed E-state index contributed by atoms with van der Waals surface area (Å²) in [6, 6.07) is 0. The zero-order valence-corrected chi connectivity index (χ0v) is 15.9. The summed E-state index contributed by atoms with van der Waals surface area (Å²) in [5, 5.41) is 6.63. The molecule has 0 aromatic carbocycles. The number of likely N-dealkylation sites (tertiary alicyclic amines) is 1. The highest BCUT2D eigenvalue weighted by Crippen LogP contribution is 2.18. The van der Waals surface area contributed by atoms with Gasteiger partial charge < -0.3 is 15.5 Å². The van der Waals surface area contributed by atoms with E-state index < -0.39 is 9.84 Å². The van der Waals surface area contributed by atoms with Crippen molar-refractivity contribution < 1.29 is 8.42 Å². The van der Waals surface area contributed by atoms with Gasteiger partial charge in [0.05, 0.1) is 11.5 Å². The van der Waals surface area contributed by atoms with E-state index in [1.165, 1.54) is 38.8 Å². The largest absolute Gasteiger partial charge is 0.357 e. The van der Waals surface area contributed by atoms with E-state index in [1.54, 1.807) is 0 Å². The fraction of sp³-hybridized carbons (Fsp3) is 0.941. The lowest BCUT2D eigenvalue weighted by molar-refractivity contribution is 0.282. The van der Waals surface area contributed by atoms with E-state index in [0.717, 1.165) is 38.4 Å². The molecule has 2 heterocycles. The minimum Gasteiger partial charge on any atom is -0.357 e. The van der Waals surface area contributed by atoms with Gasteiger partial charge in [-0.3, -0.25) is 4.99 Å². The van der Waals surface area contributed by atoms with Crippen LogP contribution in [0.1, 0.15) is 45.4 Å². The third-order valence-electron chi connectivity index (χ3n) is 4.82. The van der Waals surface area contributed by atoms with Crippen molar-refractivity contribution in [2.24, 2.45) is 10.9 Å². The Bertz CT molecular complexity index is 485. The molecule has 0 aromatic heterocycles. The molecule has 2 fully saturated rings. The van der Waals surface area contributed by atoms with E-state index in [1.807, 2.05) is 0 Å². The Morgan fingerprint density at radius 3 is 2.54 bits per heavy atom. The second-order valence-corrected chi connectivity index (χ2v) is 9.25. The van der Waals surface area contributed by atoms with E-state index >= 15 is 0 Å². The first kappa shape index (κ1) is 19.5. The summed E-state index contributed by atoms with van der Waals surface area (Å²) >= 11 is 0. The summed E-state index contributed by atoms with van der Waals surface area (Å²) in [6.45, 7) is 8.00. The number of hydrogen-bond donors (Lipinski definition) is 2. The van der Waals surface area contributed by atoms with Crippen molar-refractivity contribution in [1.29, 1.82) is 0 Å². The van der Waals surface area contributed by atoms with Crippen LogP contribution in [0.15, 0.2) is 4.99 Å². The Kier molecular flexibility index (Phi) is 8.32. The highest BCUT2D eigenvalue weighted by molar-refractivity contribution is 7.91. The third-order valence-corrected chi connectivity index (χ3v) is 6.66. The SMILES string of the molecule is CCNC(=NCC1CCS(=O)(=O)C1)NCCCN1CCCCCC1. The molecule has 2 saturated heterocycles. The topological polar surface area (TPSA) is 73.8 Å². The fourth-order valence-corrected chi connectivity index (χ4v) is 5.30. The number of rotatable bonds is 7. The highest BCUT2D eigenvalue weighted by atomic mass is 32.2. The molecule has 2 N–H and O–H groups in total. The van der Waals surface area contributed by atoms with Gasteiger partial charge in [0.1, 0.15) is 0 Å². The molecule has 2 aliphatic rings. The molecular formula is C17H34N4O2S. The quantitative estimate of drug-likeness (QED) is 0.407. The van der Waals surface area contributed by atoms with Crippen LogP contribution in [0.2, 0.25) is 0 Å². The molecule has 7 heteroatoms. The number of aliphatic imine (C=N–C) groups is 1. The van der Waals surface area contributed by atoms with Gasteiger partial charge >= 0.3 is 0 Å². The van der Waals surface area contributed by atoms with E-state index in [9.17, 15) is 8.42 Å². The molecule has 2 rings (SSSR count).